The molecule has 0 aliphatic carbocycles. The monoisotopic (exact) mass is 505 g/mol. The molecule has 6 nitrogen and oxygen atoms in total. The third-order valence-corrected chi connectivity index (χ3v) is 5.29. The van der Waals surface area contributed by atoms with Gasteiger partial charge in [-0.3, -0.25) is 9.48 Å². The number of para-hydroxylation sites is 1. The first-order chi connectivity index (χ1) is 14.0. The molecule has 0 fully saturated rings. The molecular weight excluding hydrogens is 481 g/mol. The Kier molecular flexibility index (Phi) is 6.79. The molecule has 0 saturated carbocycles. The maximum Gasteiger partial charge on any atom is 0.297 e. The molecule has 0 atom stereocenters. The minimum Gasteiger partial charge on any atom is -0.490 e. The van der Waals surface area contributed by atoms with E-state index in [1.807, 2.05) is 75.0 Å². The van der Waals surface area contributed by atoms with Crippen molar-refractivity contribution in [3.05, 3.63) is 67.6 Å². The lowest BCUT2D eigenvalue weighted by Crippen LogP contribution is -2.19. The smallest absolute Gasteiger partial charge is 0.297 e. The Morgan fingerprint density at radius 3 is 2.45 bits per heavy atom. The maximum atomic E-state index is 13.0. The van der Waals surface area contributed by atoms with Crippen LogP contribution in [0.1, 0.15) is 25.1 Å². The van der Waals surface area contributed by atoms with Crippen LogP contribution in [0.15, 0.2) is 52.3 Å². The largest absolute Gasteiger partial charge is 0.490 e. The highest BCUT2D eigenvalue weighted by Crippen LogP contribution is 2.34. The Balaban J connectivity index is 2.02. The van der Waals surface area contributed by atoms with Gasteiger partial charge in [-0.25, -0.2) is 9.67 Å². The number of aliphatic imine (C=N–C) groups is 1. The van der Waals surface area contributed by atoms with Crippen molar-refractivity contribution in [2.24, 2.45) is 12.0 Å². The second-order valence-corrected chi connectivity index (χ2v) is 7.53. The number of rotatable bonds is 7. The van der Waals surface area contributed by atoms with Crippen molar-refractivity contribution in [1.82, 2.24) is 9.36 Å². The van der Waals surface area contributed by atoms with E-state index in [-0.39, 0.29) is 5.56 Å². The fourth-order valence-corrected chi connectivity index (χ4v) is 3.83. The van der Waals surface area contributed by atoms with Crippen LogP contribution >= 0.6 is 22.6 Å². The highest BCUT2D eigenvalue weighted by atomic mass is 127. The average molecular weight is 505 g/mol. The van der Waals surface area contributed by atoms with Crippen LogP contribution in [0.2, 0.25) is 0 Å². The van der Waals surface area contributed by atoms with Crippen LogP contribution in [0.5, 0.6) is 11.5 Å². The molecule has 0 saturated heterocycles. The molecule has 0 amide bonds. The fourth-order valence-electron chi connectivity index (χ4n) is 3.05. The second-order valence-electron chi connectivity index (χ2n) is 6.36. The summed E-state index contributed by atoms with van der Waals surface area (Å²) in [5.41, 5.74) is 2.70. The summed E-state index contributed by atoms with van der Waals surface area (Å²) in [7, 11) is 1.86. The van der Waals surface area contributed by atoms with Crippen molar-refractivity contribution in [2.75, 3.05) is 13.2 Å². The van der Waals surface area contributed by atoms with Crippen LogP contribution in [0.3, 0.4) is 0 Å². The molecule has 0 aliphatic heterocycles. The molecule has 0 radical (unpaired) electrons. The van der Waals surface area contributed by atoms with Gasteiger partial charge in [0.15, 0.2) is 17.2 Å². The SMILES string of the molecule is CCOc1cc(C=Nc2c(C)n(C)n(-c3ccccc3)c2=O)cc(I)c1OCC. The fraction of sp³-hybridized carbons (Fsp3) is 0.273. The summed E-state index contributed by atoms with van der Waals surface area (Å²) in [4.78, 5) is 17.5. The predicted octanol–water partition coefficient (Wildman–Crippen LogP) is 4.64. The molecule has 7 heteroatoms. The zero-order chi connectivity index (χ0) is 21.0. The Bertz CT molecular complexity index is 1080. The summed E-state index contributed by atoms with van der Waals surface area (Å²) >= 11 is 2.22. The zero-order valence-corrected chi connectivity index (χ0v) is 19.1. The van der Waals surface area contributed by atoms with E-state index in [0.29, 0.717) is 24.7 Å². The first kappa shape index (κ1) is 21.2. The Morgan fingerprint density at radius 1 is 1.10 bits per heavy atom. The van der Waals surface area contributed by atoms with Gasteiger partial charge >= 0.3 is 0 Å². The lowest BCUT2D eigenvalue weighted by atomic mass is 10.2. The topological polar surface area (TPSA) is 57.8 Å². The van der Waals surface area contributed by atoms with E-state index >= 15 is 0 Å². The second kappa shape index (κ2) is 9.30. The molecule has 0 spiro atoms. The lowest BCUT2D eigenvalue weighted by Gasteiger charge is -2.13. The number of halogens is 1. The normalized spacial score (nSPS) is 11.2. The predicted molar refractivity (Wildman–Crippen MR) is 124 cm³/mol. The van der Waals surface area contributed by atoms with Gasteiger partial charge < -0.3 is 9.47 Å². The molecule has 2 aromatic carbocycles. The third-order valence-electron chi connectivity index (χ3n) is 4.49. The Labute approximate surface area is 183 Å². The van der Waals surface area contributed by atoms with Gasteiger partial charge in [0.1, 0.15) is 0 Å². The zero-order valence-electron chi connectivity index (χ0n) is 17.0. The van der Waals surface area contributed by atoms with Crippen LogP contribution in [0.25, 0.3) is 5.69 Å². The van der Waals surface area contributed by atoms with Crippen LogP contribution in [0, 0.1) is 10.5 Å². The Morgan fingerprint density at radius 2 is 1.79 bits per heavy atom. The van der Waals surface area contributed by atoms with Crippen molar-refractivity contribution in [2.45, 2.75) is 20.8 Å². The molecule has 1 heterocycles. The average Bonchev–Trinajstić information content (AvgIpc) is 2.92. The van der Waals surface area contributed by atoms with Gasteiger partial charge in [0.2, 0.25) is 0 Å². The van der Waals surface area contributed by atoms with E-state index < -0.39 is 0 Å². The summed E-state index contributed by atoms with van der Waals surface area (Å²) in [6, 6.07) is 13.4. The number of hydrogen-bond acceptors (Lipinski definition) is 4. The molecule has 3 rings (SSSR count). The maximum absolute atomic E-state index is 13.0. The first-order valence-electron chi connectivity index (χ1n) is 9.45. The van der Waals surface area contributed by atoms with E-state index in [2.05, 4.69) is 27.6 Å². The van der Waals surface area contributed by atoms with Crippen LogP contribution < -0.4 is 15.0 Å². The number of benzene rings is 2. The van der Waals surface area contributed by atoms with Gasteiger partial charge in [0.05, 0.1) is 28.2 Å². The first-order valence-corrected chi connectivity index (χ1v) is 10.5. The molecular formula is C22H24IN3O3. The molecule has 29 heavy (non-hydrogen) atoms. The number of aromatic nitrogens is 2. The van der Waals surface area contributed by atoms with E-state index in [1.54, 1.807) is 10.9 Å². The summed E-state index contributed by atoms with van der Waals surface area (Å²) in [6.45, 7) is 6.86. The van der Waals surface area contributed by atoms with Crippen molar-refractivity contribution in [3.8, 4) is 17.2 Å². The standard InChI is InChI=1S/C22H24IN3O3/c1-5-28-19-13-16(12-18(23)21(19)29-6-2)14-24-20-15(3)25(4)26(22(20)27)17-10-8-7-9-11-17/h7-14H,5-6H2,1-4H3. The van der Waals surface area contributed by atoms with Crippen molar-refractivity contribution in [3.63, 3.8) is 0 Å². The van der Waals surface area contributed by atoms with Gasteiger partial charge in [-0.1, -0.05) is 18.2 Å². The van der Waals surface area contributed by atoms with Crippen molar-refractivity contribution in [1.29, 1.82) is 0 Å². The van der Waals surface area contributed by atoms with Gasteiger partial charge in [-0.2, -0.15) is 0 Å². The number of nitrogens with zero attached hydrogens (tertiary/aromatic N) is 3. The van der Waals surface area contributed by atoms with Crippen LogP contribution in [-0.4, -0.2) is 28.8 Å². The van der Waals surface area contributed by atoms with Crippen molar-refractivity contribution >= 4 is 34.5 Å². The van der Waals surface area contributed by atoms with Crippen molar-refractivity contribution < 1.29 is 9.47 Å². The van der Waals surface area contributed by atoms with E-state index in [1.165, 1.54) is 0 Å². The quantitative estimate of drug-likeness (QED) is 0.348. The molecule has 1 aromatic heterocycles. The van der Waals surface area contributed by atoms with Gasteiger partial charge in [-0.05, 0) is 73.2 Å². The van der Waals surface area contributed by atoms with Gasteiger partial charge in [0, 0.05) is 13.3 Å². The molecule has 0 N–H and O–H groups in total. The van der Waals surface area contributed by atoms with E-state index in [4.69, 9.17) is 9.47 Å². The van der Waals surface area contributed by atoms with Gasteiger partial charge in [0.25, 0.3) is 5.56 Å². The minimum atomic E-state index is -0.155. The van der Waals surface area contributed by atoms with Gasteiger partial charge in [-0.15, -0.1) is 0 Å². The molecule has 0 unspecified atom stereocenters. The third kappa shape index (κ3) is 4.39. The molecule has 3 aromatic rings. The number of hydrogen-bond donors (Lipinski definition) is 0. The van der Waals surface area contributed by atoms with Crippen LogP contribution in [-0.2, 0) is 7.05 Å². The number of ether oxygens (including phenoxy) is 2. The highest BCUT2D eigenvalue weighted by Gasteiger charge is 2.16. The summed E-state index contributed by atoms with van der Waals surface area (Å²) in [5.74, 6) is 1.41. The highest BCUT2D eigenvalue weighted by molar-refractivity contribution is 14.1. The molecule has 152 valence electrons. The summed E-state index contributed by atoms with van der Waals surface area (Å²) < 4.78 is 15.8. The summed E-state index contributed by atoms with van der Waals surface area (Å²) in [5, 5.41) is 0. The van der Waals surface area contributed by atoms with E-state index in [0.717, 1.165) is 26.3 Å². The van der Waals surface area contributed by atoms with Crippen LogP contribution in [0.4, 0.5) is 5.69 Å². The lowest BCUT2D eigenvalue weighted by molar-refractivity contribution is 0.286. The Hall–Kier alpha value is -2.55. The minimum absolute atomic E-state index is 0.155. The molecule has 0 bridgehead atoms. The summed E-state index contributed by atoms with van der Waals surface area (Å²) in [6.07, 6.45) is 1.69. The molecule has 0 aliphatic rings. The van der Waals surface area contributed by atoms with E-state index in [9.17, 15) is 4.79 Å².